The van der Waals surface area contributed by atoms with Crippen molar-refractivity contribution in [1.82, 2.24) is 4.98 Å². The molecular weight excluding hydrogens is 421 g/mol. The minimum atomic E-state index is -3.69. The molecule has 0 amide bonds. The number of hydrogen-bond acceptors (Lipinski definition) is 6. The van der Waals surface area contributed by atoms with Crippen LogP contribution in [0, 0.1) is 0 Å². The number of aromatic hydroxyl groups is 1. The maximum absolute atomic E-state index is 12.4. The molecule has 0 unspecified atom stereocenters. The Morgan fingerprint density at radius 1 is 1.00 bits per heavy atom. The summed E-state index contributed by atoms with van der Waals surface area (Å²) in [7, 11) is -7.24. The van der Waals surface area contributed by atoms with Crippen molar-refractivity contribution in [2.45, 2.75) is 29.7 Å². The molecule has 10 heteroatoms. The molecule has 1 heterocycles. The van der Waals surface area contributed by atoms with Gasteiger partial charge in [0.25, 0.3) is 0 Å². The van der Waals surface area contributed by atoms with Crippen molar-refractivity contribution < 1.29 is 21.9 Å². The van der Waals surface area contributed by atoms with Crippen molar-refractivity contribution in [2.24, 2.45) is 0 Å². The monoisotopic (exact) mass is 437 g/mol. The van der Waals surface area contributed by atoms with Crippen molar-refractivity contribution in [3.8, 4) is 5.75 Å². The van der Waals surface area contributed by atoms with Crippen LogP contribution in [0.25, 0.3) is 0 Å². The van der Waals surface area contributed by atoms with Crippen LogP contribution in [0.2, 0.25) is 10.0 Å². The lowest BCUT2D eigenvalue weighted by atomic mass is 10.2. The van der Waals surface area contributed by atoms with Gasteiger partial charge < -0.3 is 5.11 Å². The highest BCUT2D eigenvalue weighted by atomic mass is 35.5. The zero-order valence-corrected chi connectivity index (χ0v) is 17.0. The summed E-state index contributed by atoms with van der Waals surface area (Å²) in [5.74, 6) is -1.45. The average Bonchev–Trinajstić information content (AvgIpc) is 2.47. The molecule has 2 rings (SSSR count). The van der Waals surface area contributed by atoms with Crippen LogP contribution in [0.3, 0.4) is 0 Å². The molecule has 1 aromatic heterocycles. The van der Waals surface area contributed by atoms with Crippen molar-refractivity contribution in [2.75, 3.05) is 5.75 Å². The Bertz CT molecular complexity index is 1000. The fourth-order valence-corrected chi connectivity index (χ4v) is 5.60. The Hall–Kier alpha value is -1.35. The van der Waals surface area contributed by atoms with Gasteiger partial charge in [0.15, 0.2) is 19.7 Å². The molecule has 6 nitrogen and oxygen atoms in total. The smallest absolute Gasteiger partial charge is 0.180 e. The van der Waals surface area contributed by atoms with Gasteiger partial charge in [0.05, 0.1) is 27.8 Å². The normalized spacial score (nSPS) is 12.3. The highest BCUT2D eigenvalue weighted by molar-refractivity contribution is 7.91. The second-order valence-corrected chi connectivity index (χ2v) is 10.8. The van der Waals surface area contributed by atoms with Crippen LogP contribution in [0.4, 0.5) is 0 Å². The molecule has 0 aliphatic heterocycles. The quantitative estimate of drug-likeness (QED) is 0.711. The third-order valence-corrected chi connectivity index (χ3v) is 7.23. The van der Waals surface area contributed by atoms with E-state index in [-0.39, 0.29) is 22.1 Å². The molecule has 0 saturated carbocycles. The summed E-state index contributed by atoms with van der Waals surface area (Å²) in [4.78, 5) is 3.69. The van der Waals surface area contributed by atoms with Gasteiger partial charge in [-0.2, -0.15) is 0 Å². The Kier molecular flexibility index (Phi) is 6.55. The molecular formula is C16H17Cl2NO5S2. The highest BCUT2D eigenvalue weighted by Gasteiger charge is 2.20. The lowest BCUT2D eigenvalue weighted by molar-refractivity contribution is 0.463. The van der Waals surface area contributed by atoms with Gasteiger partial charge in [-0.1, -0.05) is 30.1 Å². The molecule has 2 aromatic rings. The molecule has 0 bridgehead atoms. The van der Waals surface area contributed by atoms with Crippen molar-refractivity contribution >= 4 is 42.9 Å². The van der Waals surface area contributed by atoms with Gasteiger partial charge >= 0.3 is 0 Å². The summed E-state index contributed by atoms with van der Waals surface area (Å²) < 4.78 is 48.7. The van der Waals surface area contributed by atoms with E-state index in [4.69, 9.17) is 23.2 Å². The van der Waals surface area contributed by atoms with Gasteiger partial charge in [-0.15, -0.1) is 0 Å². The number of halogens is 2. The van der Waals surface area contributed by atoms with Gasteiger partial charge in [0.1, 0.15) is 5.75 Å². The Morgan fingerprint density at radius 3 is 2.15 bits per heavy atom. The SMILES string of the molecule is CCCS(=O)(=O)c1cnc(CS(=O)(=O)Cc2cc(Cl)cc(Cl)c2)c(O)c1. The van der Waals surface area contributed by atoms with Gasteiger partial charge in [0, 0.05) is 22.3 Å². The number of nitrogens with zero attached hydrogens (tertiary/aromatic N) is 1. The van der Waals surface area contributed by atoms with Crippen LogP contribution >= 0.6 is 23.2 Å². The Balaban J connectivity index is 2.24. The summed E-state index contributed by atoms with van der Waals surface area (Å²) in [5.41, 5.74) is 0.290. The largest absolute Gasteiger partial charge is 0.506 e. The molecule has 0 aliphatic carbocycles. The summed E-state index contributed by atoms with van der Waals surface area (Å²) in [6.45, 7) is 1.72. The molecule has 142 valence electrons. The number of aromatic nitrogens is 1. The number of sulfone groups is 2. The standard InChI is InChI=1S/C16H17Cl2NO5S2/c1-2-3-26(23,24)14-7-16(20)15(19-8-14)10-25(21,22)9-11-4-12(17)6-13(18)5-11/h4-8,20H,2-3,9-10H2,1H3. The van der Waals surface area contributed by atoms with E-state index < -0.39 is 31.2 Å². The van der Waals surface area contributed by atoms with Crippen LogP contribution < -0.4 is 0 Å². The van der Waals surface area contributed by atoms with E-state index >= 15 is 0 Å². The minimum absolute atomic E-state index is 0.0821. The topological polar surface area (TPSA) is 101 Å². The van der Waals surface area contributed by atoms with Crippen LogP contribution in [0.1, 0.15) is 24.6 Å². The van der Waals surface area contributed by atoms with E-state index in [9.17, 15) is 21.9 Å². The Morgan fingerprint density at radius 2 is 1.62 bits per heavy atom. The lowest BCUT2D eigenvalue weighted by Gasteiger charge is -2.09. The molecule has 26 heavy (non-hydrogen) atoms. The fourth-order valence-electron chi connectivity index (χ4n) is 2.34. The molecule has 0 atom stereocenters. The first kappa shape index (κ1) is 21.0. The second-order valence-electron chi connectivity index (χ2n) is 5.77. The van der Waals surface area contributed by atoms with E-state index in [1.807, 2.05) is 0 Å². The molecule has 0 spiro atoms. The maximum Gasteiger partial charge on any atom is 0.180 e. The van der Waals surface area contributed by atoms with Crippen LogP contribution in [0.5, 0.6) is 5.75 Å². The highest BCUT2D eigenvalue weighted by Crippen LogP contribution is 2.25. The van der Waals surface area contributed by atoms with Gasteiger partial charge in [-0.3, -0.25) is 4.98 Å². The van der Waals surface area contributed by atoms with E-state index in [0.29, 0.717) is 22.0 Å². The Labute approximate surface area is 162 Å². The third-order valence-electron chi connectivity index (χ3n) is 3.42. The first-order valence-corrected chi connectivity index (χ1v) is 11.8. The summed E-state index contributed by atoms with van der Waals surface area (Å²) in [6.07, 6.45) is 1.48. The molecule has 1 N–H and O–H groups in total. The molecule has 1 aromatic carbocycles. The lowest BCUT2D eigenvalue weighted by Crippen LogP contribution is -2.11. The molecule has 0 aliphatic rings. The van der Waals surface area contributed by atoms with E-state index in [1.54, 1.807) is 6.92 Å². The summed E-state index contributed by atoms with van der Waals surface area (Å²) in [5, 5.41) is 10.6. The molecule has 0 saturated heterocycles. The molecule has 0 radical (unpaired) electrons. The van der Waals surface area contributed by atoms with Gasteiger partial charge in [-0.05, 0) is 30.2 Å². The predicted molar refractivity (Wildman–Crippen MR) is 101 cm³/mol. The second kappa shape index (κ2) is 8.12. The van der Waals surface area contributed by atoms with Crippen molar-refractivity contribution in [3.05, 3.63) is 51.8 Å². The predicted octanol–water partition coefficient (Wildman–Crippen LogP) is 3.39. The van der Waals surface area contributed by atoms with Crippen LogP contribution in [0.15, 0.2) is 35.4 Å². The first-order valence-electron chi connectivity index (χ1n) is 7.58. The zero-order chi connectivity index (χ0) is 19.5. The number of rotatable bonds is 7. The van der Waals surface area contributed by atoms with Crippen LogP contribution in [-0.4, -0.2) is 32.7 Å². The van der Waals surface area contributed by atoms with Crippen LogP contribution in [-0.2, 0) is 31.2 Å². The number of benzene rings is 1. The number of hydrogen-bond donors (Lipinski definition) is 1. The first-order chi connectivity index (χ1) is 12.0. The maximum atomic E-state index is 12.4. The van der Waals surface area contributed by atoms with Gasteiger partial charge in [0.2, 0.25) is 0 Å². The van der Waals surface area contributed by atoms with E-state index in [1.165, 1.54) is 18.2 Å². The third kappa shape index (κ3) is 5.57. The van der Waals surface area contributed by atoms with E-state index in [0.717, 1.165) is 12.3 Å². The average molecular weight is 438 g/mol. The fraction of sp³-hybridized carbons (Fsp3) is 0.312. The number of pyridine rings is 1. The summed E-state index contributed by atoms with van der Waals surface area (Å²) in [6, 6.07) is 5.48. The minimum Gasteiger partial charge on any atom is -0.506 e. The van der Waals surface area contributed by atoms with Gasteiger partial charge in [-0.25, -0.2) is 16.8 Å². The van der Waals surface area contributed by atoms with Crippen molar-refractivity contribution in [3.63, 3.8) is 0 Å². The molecule has 0 fully saturated rings. The van der Waals surface area contributed by atoms with Crippen molar-refractivity contribution in [1.29, 1.82) is 0 Å². The van der Waals surface area contributed by atoms with E-state index in [2.05, 4.69) is 4.98 Å². The summed E-state index contributed by atoms with van der Waals surface area (Å²) >= 11 is 11.7. The zero-order valence-electron chi connectivity index (χ0n) is 13.8.